The van der Waals surface area contributed by atoms with E-state index in [2.05, 4.69) is 50.5 Å². The van der Waals surface area contributed by atoms with Gasteiger partial charge in [-0.15, -0.1) is 0 Å². The van der Waals surface area contributed by atoms with Gasteiger partial charge >= 0.3 is 0 Å². The van der Waals surface area contributed by atoms with Crippen LogP contribution in [0.2, 0.25) is 0 Å². The van der Waals surface area contributed by atoms with Crippen molar-refractivity contribution in [1.82, 2.24) is 5.32 Å². The third-order valence-corrected chi connectivity index (χ3v) is 5.13. The largest absolute Gasteiger partial charge is 0.313 e. The number of hydrogen-bond acceptors (Lipinski definition) is 1. The van der Waals surface area contributed by atoms with Crippen LogP contribution >= 0.6 is 0 Å². The third-order valence-electron chi connectivity index (χ3n) is 5.13. The van der Waals surface area contributed by atoms with E-state index in [0.717, 1.165) is 17.8 Å². The quantitative estimate of drug-likeness (QED) is 0.839. The summed E-state index contributed by atoms with van der Waals surface area (Å²) in [6.45, 7) is 4.52. The zero-order chi connectivity index (χ0) is 12.7. The van der Waals surface area contributed by atoms with Gasteiger partial charge in [0.1, 0.15) is 0 Å². The lowest BCUT2D eigenvalue weighted by molar-refractivity contribution is 0.444. The van der Waals surface area contributed by atoms with E-state index < -0.39 is 0 Å². The normalized spacial score (nSPS) is 31.4. The van der Waals surface area contributed by atoms with E-state index in [1.807, 2.05) is 0 Å². The average Bonchev–Trinajstić information content (AvgIpc) is 2.85. The maximum absolute atomic E-state index is 3.56. The zero-order valence-corrected chi connectivity index (χ0v) is 11.8. The third kappa shape index (κ3) is 1.99. The highest BCUT2D eigenvalue weighted by atomic mass is 14.9. The molecule has 1 aromatic rings. The van der Waals surface area contributed by atoms with Crippen molar-refractivity contribution in [3.8, 4) is 0 Å². The second-order valence-corrected chi connectivity index (χ2v) is 6.42. The van der Waals surface area contributed by atoms with Crippen molar-refractivity contribution in [3.63, 3.8) is 0 Å². The molecule has 98 valence electrons. The van der Waals surface area contributed by atoms with Crippen LogP contribution < -0.4 is 5.32 Å². The SMILES string of the molecule is CNC(c1ccc(C(C)C)cc1)C1C2CCCC21. The van der Waals surface area contributed by atoms with Crippen molar-refractivity contribution < 1.29 is 0 Å². The highest BCUT2D eigenvalue weighted by Crippen LogP contribution is 2.62. The monoisotopic (exact) mass is 243 g/mol. The molecule has 2 fully saturated rings. The summed E-state index contributed by atoms with van der Waals surface area (Å²) in [4.78, 5) is 0. The number of nitrogens with one attached hydrogen (secondary N) is 1. The minimum Gasteiger partial charge on any atom is -0.313 e. The Morgan fingerprint density at radius 3 is 2.06 bits per heavy atom. The van der Waals surface area contributed by atoms with Crippen molar-refractivity contribution in [2.24, 2.45) is 17.8 Å². The van der Waals surface area contributed by atoms with Crippen LogP contribution in [0.25, 0.3) is 0 Å². The van der Waals surface area contributed by atoms with Crippen LogP contribution in [0, 0.1) is 17.8 Å². The number of benzene rings is 1. The molecule has 1 N–H and O–H groups in total. The van der Waals surface area contributed by atoms with Crippen molar-refractivity contribution >= 4 is 0 Å². The molecular weight excluding hydrogens is 218 g/mol. The Hall–Kier alpha value is -0.820. The lowest BCUT2D eigenvalue weighted by atomic mass is 9.94. The summed E-state index contributed by atoms with van der Waals surface area (Å²) in [7, 11) is 2.12. The van der Waals surface area contributed by atoms with Gasteiger partial charge < -0.3 is 5.32 Å². The van der Waals surface area contributed by atoms with Gasteiger partial charge in [-0.3, -0.25) is 0 Å². The van der Waals surface area contributed by atoms with E-state index in [1.165, 1.54) is 30.4 Å². The predicted molar refractivity (Wildman–Crippen MR) is 76.7 cm³/mol. The lowest BCUT2D eigenvalue weighted by Gasteiger charge is -2.19. The Labute approximate surface area is 111 Å². The van der Waals surface area contributed by atoms with Gasteiger partial charge in [0.15, 0.2) is 0 Å². The Bertz CT molecular complexity index is 396. The molecule has 0 saturated heterocycles. The molecule has 1 nitrogen and oxygen atoms in total. The van der Waals surface area contributed by atoms with Gasteiger partial charge in [0.2, 0.25) is 0 Å². The summed E-state index contributed by atoms with van der Waals surface area (Å²) in [6.07, 6.45) is 4.41. The summed E-state index contributed by atoms with van der Waals surface area (Å²) < 4.78 is 0. The van der Waals surface area contributed by atoms with Gasteiger partial charge in [0.25, 0.3) is 0 Å². The van der Waals surface area contributed by atoms with E-state index in [9.17, 15) is 0 Å². The van der Waals surface area contributed by atoms with E-state index in [-0.39, 0.29) is 0 Å². The topological polar surface area (TPSA) is 12.0 Å². The van der Waals surface area contributed by atoms with E-state index in [0.29, 0.717) is 12.0 Å². The average molecular weight is 243 g/mol. The van der Waals surface area contributed by atoms with Crippen LogP contribution in [-0.2, 0) is 0 Å². The number of hydrogen-bond donors (Lipinski definition) is 1. The Balaban J connectivity index is 1.76. The van der Waals surface area contributed by atoms with Gasteiger partial charge in [0.05, 0.1) is 0 Å². The summed E-state index contributed by atoms with van der Waals surface area (Å²) in [5.41, 5.74) is 2.94. The minimum absolute atomic E-state index is 0.585. The van der Waals surface area contributed by atoms with E-state index in [4.69, 9.17) is 0 Å². The van der Waals surface area contributed by atoms with Crippen LogP contribution in [0.1, 0.15) is 56.2 Å². The fourth-order valence-corrected chi connectivity index (χ4v) is 4.04. The molecule has 2 saturated carbocycles. The van der Waals surface area contributed by atoms with Gasteiger partial charge in [0, 0.05) is 6.04 Å². The van der Waals surface area contributed by atoms with E-state index >= 15 is 0 Å². The molecule has 1 aromatic carbocycles. The smallest absolute Gasteiger partial charge is 0.0351 e. The van der Waals surface area contributed by atoms with Crippen LogP contribution in [0.3, 0.4) is 0 Å². The molecule has 0 amide bonds. The standard InChI is InChI=1S/C17H25N/c1-11(2)12-7-9-13(10-8-12)17(18-3)16-14-5-4-6-15(14)16/h7-11,14-18H,4-6H2,1-3H3. The Morgan fingerprint density at radius 1 is 1.00 bits per heavy atom. The molecule has 0 spiro atoms. The molecule has 0 bridgehead atoms. The first kappa shape index (κ1) is 12.2. The van der Waals surface area contributed by atoms with Crippen molar-refractivity contribution in [2.75, 3.05) is 7.05 Å². The molecule has 0 radical (unpaired) electrons. The van der Waals surface area contributed by atoms with Crippen molar-refractivity contribution in [1.29, 1.82) is 0 Å². The van der Waals surface area contributed by atoms with Crippen molar-refractivity contribution in [2.45, 2.75) is 45.1 Å². The van der Waals surface area contributed by atoms with Gasteiger partial charge in [-0.1, -0.05) is 44.5 Å². The Kier molecular flexibility index (Phi) is 3.19. The molecule has 0 aromatic heterocycles. The molecule has 2 aliphatic rings. The summed E-state index contributed by atoms with van der Waals surface area (Å²) in [6, 6.07) is 9.88. The van der Waals surface area contributed by atoms with E-state index in [1.54, 1.807) is 0 Å². The van der Waals surface area contributed by atoms with Crippen LogP contribution in [0.5, 0.6) is 0 Å². The minimum atomic E-state index is 0.585. The second kappa shape index (κ2) is 4.70. The molecule has 3 rings (SSSR count). The summed E-state index contributed by atoms with van der Waals surface area (Å²) in [5.74, 6) is 3.58. The van der Waals surface area contributed by atoms with Crippen LogP contribution in [-0.4, -0.2) is 7.05 Å². The molecule has 18 heavy (non-hydrogen) atoms. The molecule has 3 atom stereocenters. The first-order valence-corrected chi connectivity index (χ1v) is 7.49. The van der Waals surface area contributed by atoms with Crippen molar-refractivity contribution in [3.05, 3.63) is 35.4 Å². The van der Waals surface area contributed by atoms with Gasteiger partial charge in [-0.05, 0) is 54.7 Å². The maximum atomic E-state index is 3.56. The second-order valence-electron chi connectivity index (χ2n) is 6.42. The highest BCUT2D eigenvalue weighted by molar-refractivity contribution is 5.29. The van der Waals surface area contributed by atoms with Crippen LogP contribution in [0.15, 0.2) is 24.3 Å². The van der Waals surface area contributed by atoms with Gasteiger partial charge in [-0.25, -0.2) is 0 Å². The summed E-state index contributed by atoms with van der Waals surface area (Å²) >= 11 is 0. The fourth-order valence-electron chi connectivity index (χ4n) is 4.04. The molecule has 0 aliphatic heterocycles. The first-order chi connectivity index (χ1) is 8.72. The fraction of sp³-hybridized carbons (Fsp3) is 0.647. The molecular formula is C17H25N. The molecule has 3 unspecified atom stereocenters. The lowest BCUT2D eigenvalue weighted by Crippen LogP contribution is -2.20. The van der Waals surface area contributed by atoms with Crippen LogP contribution in [0.4, 0.5) is 0 Å². The molecule has 0 heterocycles. The predicted octanol–water partition coefficient (Wildman–Crippen LogP) is 4.12. The zero-order valence-electron chi connectivity index (χ0n) is 11.8. The first-order valence-electron chi connectivity index (χ1n) is 7.49. The molecule has 1 heteroatoms. The highest BCUT2D eigenvalue weighted by Gasteiger charge is 2.55. The Morgan fingerprint density at radius 2 is 1.56 bits per heavy atom. The summed E-state index contributed by atoms with van der Waals surface area (Å²) in [5, 5.41) is 3.56. The number of fused-ring (bicyclic) bond motifs is 1. The maximum Gasteiger partial charge on any atom is 0.0351 e. The number of rotatable bonds is 4. The molecule has 2 aliphatic carbocycles. The van der Waals surface area contributed by atoms with Gasteiger partial charge in [-0.2, -0.15) is 0 Å².